The lowest BCUT2D eigenvalue weighted by Crippen LogP contribution is -3.00. The summed E-state index contributed by atoms with van der Waals surface area (Å²) in [7, 11) is -0.561. The predicted molar refractivity (Wildman–Crippen MR) is 38.7 cm³/mol. The first-order valence-corrected chi connectivity index (χ1v) is 3.34. The van der Waals surface area contributed by atoms with Crippen molar-refractivity contribution in [3.63, 3.8) is 0 Å². The zero-order chi connectivity index (χ0) is 7.02. The van der Waals surface area contributed by atoms with Crippen molar-refractivity contribution in [2.45, 2.75) is 12.2 Å². The second kappa shape index (κ2) is 5.01. The summed E-state index contributed by atoms with van der Waals surface area (Å²) in [6.45, 7) is 0. The SMILES string of the molecule is Cl.O=C1PC(=O)C(O)C1O.[Cl-].[H+]. The topological polar surface area (TPSA) is 74.6 Å². The van der Waals surface area contributed by atoms with Crippen LogP contribution in [0.4, 0.5) is 0 Å². The number of carbonyl (C=O) groups excluding carboxylic acids is 2. The maximum atomic E-state index is 10.4. The average molecular weight is 221 g/mol. The van der Waals surface area contributed by atoms with Crippen molar-refractivity contribution in [3.8, 4) is 0 Å². The van der Waals surface area contributed by atoms with Crippen molar-refractivity contribution in [2.75, 3.05) is 0 Å². The molecule has 2 unspecified atom stereocenters. The van der Waals surface area contributed by atoms with Gasteiger partial charge in [0.05, 0.1) is 0 Å². The highest BCUT2D eigenvalue weighted by atomic mass is 35.5. The molecule has 0 spiro atoms. The van der Waals surface area contributed by atoms with Gasteiger partial charge in [-0.1, -0.05) is 0 Å². The number of aliphatic hydroxyl groups is 2. The lowest BCUT2D eigenvalue weighted by molar-refractivity contribution is -0.129. The van der Waals surface area contributed by atoms with E-state index in [9.17, 15) is 9.59 Å². The van der Waals surface area contributed by atoms with Crippen LogP contribution < -0.4 is 12.4 Å². The Morgan fingerprint density at radius 2 is 1.45 bits per heavy atom. The molecule has 11 heavy (non-hydrogen) atoms. The second-order valence-electron chi connectivity index (χ2n) is 1.74. The normalized spacial score (nSPS) is 31.5. The van der Waals surface area contributed by atoms with Crippen LogP contribution in [0.25, 0.3) is 0 Å². The van der Waals surface area contributed by atoms with E-state index < -0.39 is 31.8 Å². The molecule has 0 aliphatic carbocycles. The van der Waals surface area contributed by atoms with Gasteiger partial charge in [-0.05, 0) is 0 Å². The third-order valence-corrected chi connectivity index (χ3v) is 2.17. The van der Waals surface area contributed by atoms with Crippen molar-refractivity contribution >= 4 is 32.0 Å². The van der Waals surface area contributed by atoms with Crippen molar-refractivity contribution in [3.05, 3.63) is 0 Å². The number of aliphatic hydroxyl groups excluding tert-OH is 2. The third-order valence-electron chi connectivity index (χ3n) is 1.08. The highest BCUT2D eigenvalue weighted by Crippen LogP contribution is 2.27. The van der Waals surface area contributed by atoms with Crippen LogP contribution in [-0.2, 0) is 9.59 Å². The zero-order valence-corrected chi connectivity index (χ0v) is 7.72. The first-order chi connectivity index (χ1) is 4.13. The zero-order valence-electron chi connectivity index (χ0n) is 6.15. The standard InChI is InChI=1S/C4H5O4P.2ClH/c5-1-2(6)4(8)9-3(1)7;;/h1-2,5-6,9H;2*1H. The average Bonchev–Trinajstić information content (AvgIpc) is 1.98. The summed E-state index contributed by atoms with van der Waals surface area (Å²) in [6.07, 6.45) is -2.92. The summed E-state index contributed by atoms with van der Waals surface area (Å²) >= 11 is 0. The Morgan fingerprint density at radius 1 is 1.18 bits per heavy atom. The number of hydrogen-bond acceptors (Lipinski definition) is 4. The predicted octanol–water partition coefficient (Wildman–Crippen LogP) is -4.01. The van der Waals surface area contributed by atoms with Crippen molar-refractivity contribution in [2.24, 2.45) is 0 Å². The first-order valence-electron chi connectivity index (χ1n) is 2.34. The van der Waals surface area contributed by atoms with Gasteiger partial charge < -0.3 is 22.6 Å². The van der Waals surface area contributed by atoms with Crippen molar-refractivity contribution < 1.29 is 33.6 Å². The molecule has 0 amide bonds. The number of rotatable bonds is 0. The molecule has 0 aromatic heterocycles. The molecule has 1 aliphatic heterocycles. The Hall–Kier alpha value is 0.270. The quantitative estimate of drug-likeness (QED) is 0.409. The van der Waals surface area contributed by atoms with Gasteiger partial charge in [-0.15, -0.1) is 12.4 Å². The van der Waals surface area contributed by atoms with Gasteiger partial charge in [0, 0.05) is 8.58 Å². The Kier molecular flexibility index (Phi) is 6.30. The minimum atomic E-state index is -1.46. The fourth-order valence-corrected chi connectivity index (χ4v) is 1.41. The van der Waals surface area contributed by atoms with Gasteiger partial charge in [0.1, 0.15) is 12.2 Å². The molecule has 1 rings (SSSR count). The van der Waals surface area contributed by atoms with Crippen molar-refractivity contribution in [1.29, 1.82) is 0 Å². The summed E-state index contributed by atoms with van der Waals surface area (Å²) in [5.41, 5.74) is -1.12. The molecule has 1 aliphatic rings. The van der Waals surface area contributed by atoms with E-state index in [4.69, 9.17) is 10.2 Å². The maximum absolute atomic E-state index is 10.4. The van der Waals surface area contributed by atoms with Crippen molar-refractivity contribution in [1.82, 2.24) is 0 Å². The number of hydrogen-bond donors (Lipinski definition) is 2. The van der Waals surface area contributed by atoms with Crippen LogP contribution >= 0.6 is 21.0 Å². The van der Waals surface area contributed by atoms with Crippen LogP contribution in [0.3, 0.4) is 0 Å². The molecular formula is C4H7Cl2O4P. The van der Waals surface area contributed by atoms with Crippen LogP contribution in [0.1, 0.15) is 1.43 Å². The summed E-state index contributed by atoms with van der Waals surface area (Å²) in [6, 6.07) is 0. The fourth-order valence-electron chi connectivity index (χ4n) is 0.556. The molecule has 2 N–H and O–H groups in total. The molecule has 0 bridgehead atoms. The molecule has 4 nitrogen and oxygen atoms in total. The summed E-state index contributed by atoms with van der Waals surface area (Å²) in [4.78, 5) is 20.8. The highest BCUT2D eigenvalue weighted by molar-refractivity contribution is 7.75. The van der Waals surface area contributed by atoms with Gasteiger partial charge in [0.25, 0.3) is 0 Å². The van der Waals surface area contributed by atoms with Crippen LogP contribution in [0.2, 0.25) is 0 Å². The van der Waals surface area contributed by atoms with Crippen LogP contribution in [-0.4, -0.2) is 33.5 Å². The fraction of sp³-hybridized carbons (Fsp3) is 0.500. The largest absolute Gasteiger partial charge is 1.00 e. The van der Waals surface area contributed by atoms with Crippen LogP contribution in [0, 0.1) is 0 Å². The summed E-state index contributed by atoms with van der Waals surface area (Å²) in [5.74, 6) is 0. The van der Waals surface area contributed by atoms with Gasteiger partial charge in [0.15, 0.2) is 11.0 Å². The van der Waals surface area contributed by atoms with Gasteiger partial charge in [0.2, 0.25) is 0 Å². The van der Waals surface area contributed by atoms with Gasteiger partial charge >= 0.3 is 1.43 Å². The monoisotopic (exact) mass is 220 g/mol. The van der Waals surface area contributed by atoms with E-state index in [1.54, 1.807) is 0 Å². The molecule has 2 atom stereocenters. The Morgan fingerprint density at radius 3 is 1.55 bits per heavy atom. The minimum absolute atomic E-state index is 0. The minimum Gasteiger partial charge on any atom is -1.00 e. The van der Waals surface area contributed by atoms with E-state index >= 15 is 0 Å². The van der Waals surface area contributed by atoms with Gasteiger partial charge in [-0.3, -0.25) is 9.59 Å². The summed E-state index contributed by atoms with van der Waals surface area (Å²) < 4.78 is 0. The molecule has 0 radical (unpaired) electrons. The third kappa shape index (κ3) is 2.65. The molecular weight excluding hydrogens is 214 g/mol. The van der Waals surface area contributed by atoms with E-state index in [1.165, 1.54) is 0 Å². The molecule has 66 valence electrons. The van der Waals surface area contributed by atoms with Gasteiger partial charge in [-0.2, -0.15) is 0 Å². The lowest BCUT2D eigenvalue weighted by Gasteiger charge is -2.00. The molecule has 0 saturated carbocycles. The van der Waals surface area contributed by atoms with E-state index in [0.29, 0.717) is 0 Å². The Labute approximate surface area is 78.4 Å². The van der Waals surface area contributed by atoms with Gasteiger partial charge in [-0.25, -0.2) is 0 Å². The Bertz CT molecular complexity index is 160. The molecule has 1 heterocycles. The van der Waals surface area contributed by atoms with Crippen LogP contribution in [0.5, 0.6) is 0 Å². The summed E-state index contributed by atoms with van der Waals surface area (Å²) in [5, 5.41) is 17.2. The highest BCUT2D eigenvalue weighted by Gasteiger charge is 2.38. The molecule has 0 aromatic rings. The van der Waals surface area contributed by atoms with E-state index in [0.717, 1.165) is 0 Å². The Balaban J connectivity index is -0.000000270. The molecule has 1 fully saturated rings. The molecule has 1 saturated heterocycles. The van der Waals surface area contributed by atoms with Crippen LogP contribution in [0.15, 0.2) is 0 Å². The first kappa shape index (κ1) is 13.8. The smallest absolute Gasteiger partial charge is 1.00 e. The molecule has 0 aromatic carbocycles. The number of halogens is 2. The number of carbonyl (C=O) groups is 2. The lowest BCUT2D eigenvalue weighted by atomic mass is 10.2. The maximum Gasteiger partial charge on any atom is 1.00 e. The van der Waals surface area contributed by atoms with E-state index in [-0.39, 0.29) is 26.2 Å². The van der Waals surface area contributed by atoms with E-state index in [2.05, 4.69) is 0 Å². The van der Waals surface area contributed by atoms with E-state index in [1.807, 2.05) is 0 Å². The second-order valence-corrected chi connectivity index (χ2v) is 2.98. The molecule has 7 heteroatoms.